The Morgan fingerprint density at radius 2 is 1.81 bits per heavy atom. The van der Waals surface area contributed by atoms with Gasteiger partial charge in [0.05, 0.1) is 11.2 Å². The number of carbonyl (C=O) groups excluding carboxylic acids is 1. The molecular weight excluding hydrogens is 336 g/mol. The van der Waals surface area contributed by atoms with Gasteiger partial charge >= 0.3 is 5.69 Å². The lowest BCUT2D eigenvalue weighted by molar-refractivity contribution is -0.385. The van der Waals surface area contributed by atoms with Crippen molar-refractivity contribution in [2.24, 2.45) is 0 Å². The Hall–Kier alpha value is -3.61. The third-order valence-corrected chi connectivity index (χ3v) is 3.69. The maximum Gasteiger partial charge on any atom is 0.310 e. The number of ether oxygens (including phenoxy) is 1. The third kappa shape index (κ3) is 4.07. The summed E-state index contributed by atoms with van der Waals surface area (Å²) < 4.78 is 10.7. The van der Waals surface area contributed by atoms with Gasteiger partial charge in [-0.05, 0) is 23.8 Å². The van der Waals surface area contributed by atoms with Crippen molar-refractivity contribution in [2.45, 2.75) is 6.04 Å². The summed E-state index contributed by atoms with van der Waals surface area (Å²) in [4.78, 5) is 22.8. The van der Waals surface area contributed by atoms with Gasteiger partial charge in [-0.2, -0.15) is 0 Å². The number of furan rings is 1. The molecule has 0 fully saturated rings. The van der Waals surface area contributed by atoms with Crippen LogP contribution in [0.25, 0.3) is 0 Å². The van der Waals surface area contributed by atoms with Gasteiger partial charge in [0.1, 0.15) is 11.8 Å². The molecule has 7 nitrogen and oxygen atoms in total. The van der Waals surface area contributed by atoms with E-state index >= 15 is 0 Å². The van der Waals surface area contributed by atoms with Gasteiger partial charge in [0, 0.05) is 6.07 Å². The van der Waals surface area contributed by atoms with E-state index in [-0.39, 0.29) is 18.0 Å². The van der Waals surface area contributed by atoms with E-state index in [1.54, 1.807) is 18.2 Å². The minimum atomic E-state index is -0.553. The lowest BCUT2D eigenvalue weighted by atomic mass is 10.0. The third-order valence-electron chi connectivity index (χ3n) is 3.69. The fourth-order valence-electron chi connectivity index (χ4n) is 2.50. The molecule has 7 heteroatoms. The van der Waals surface area contributed by atoms with E-state index in [1.165, 1.54) is 24.5 Å². The molecule has 0 aliphatic carbocycles. The smallest absolute Gasteiger partial charge is 0.310 e. The average Bonchev–Trinajstić information content (AvgIpc) is 3.19. The minimum Gasteiger partial charge on any atom is -0.477 e. The first-order valence-corrected chi connectivity index (χ1v) is 7.89. The van der Waals surface area contributed by atoms with E-state index in [4.69, 9.17) is 9.15 Å². The van der Waals surface area contributed by atoms with Gasteiger partial charge in [-0.25, -0.2) is 0 Å². The van der Waals surface area contributed by atoms with Crippen LogP contribution in [0.2, 0.25) is 0 Å². The Bertz CT molecular complexity index is 878. The van der Waals surface area contributed by atoms with Crippen molar-refractivity contribution in [3.63, 3.8) is 0 Å². The number of nitrogens with one attached hydrogen (secondary N) is 1. The number of nitro benzene ring substituents is 1. The van der Waals surface area contributed by atoms with Crippen LogP contribution in [0.1, 0.15) is 17.4 Å². The Labute approximate surface area is 149 Å². The van der Waals surface area contributed by atoms with E-state index < -0.39 is 16.9 Å². The van der Waals surface area contributed by atoms with Crippen LogP contribution in [0.3, 0.4) is 0 Å². The fourth-order valence-corrected chi connectivity index (χ4v) is 2.50. The zero-order chi connectivity index (χ0) is 18.4. The summed E-state index contributed by atoms with van der Waals surface area (Å²) in [7, 11) is 0. The molecule has 1 heterocycles. The second-order valence-corrected chi connectivity index (χ2v) is 5.44. The summed E-state index contributed by atoms with van der Waals surface area (Å²) in [5, 5.41) is 13.8. The van der Waals surface area contributed by atoms with Crippen molar-refractivity contribution in [1.82, 2.24) is 5.32 Å². The van der Waals surface area contributed by atoms with Crippen molar-refractivity contribution in [3.05, 3.63) is 94.4 Å². The molecule has 1 N–H and O–H groups in total. The second-order valence-electron chi connectivity index (χ2n) is 5.44. The van der Waals surface area contributed by atoms with Crippen LogP contribution in [0.4, 0.5) is 5.69 Å². The van der Waals surface area contributed by atoms with Crippen LogP contribution in [-0.4, -0.2) is 17.4 Å². The summed E-state index contributed by atoms with van der Waals surface area (Å²) in [6.07, 6.45) is 1.53. The van der Waals surface area contributed by atoms with Gasteiger partial charge in [-0.15, -0.1) is 0 Å². The maximum absolute atomic E-state index is 12.3. The molecule has 1 atom stereocenters. The van der Waals surface area contributed by atoms with E-state index in [0.29, 0.717) is 5.76 Å². The van der Waals surface area contributed by atoms with Gasteiger partial charge in [0.25, 0.3) is 5.91 Å². The molecule has 0 saturated carbocycles. The molecule has 1 aromatic heterocycles. The van der Waals surface area contributed by atoms with Crippen LogP contribution in [-0.2, 0) is 4.79 Å². The summed E-state index contributed by atoms with van der Waals surface area (Å²) in [6, 6.07) is 18.3. The molecule has 2 aromatic carbocycles. The Morgan fingerprint density at radius 1 is 1.08 bits per heavy atom. The van der Waals surface area contributed by atoms with Crippen LogP contribution in [0.5, 0.6) is 5.75 Å². The zero-order valence-corrected chi connectivity index (χ0v) is 13.7. The molecule has 3 aromatic rings. The predicted octanol–water partition coefficient (Wildman–Crippen LogP) is 3.47. The highest BCUT2D eigenvalue weighted by Crippen LogP contribution is 2.26. The summed E-state index contributed by atoms with van der Waals surface area (Å²) in [6.45, 7) is -0.352. The minimum absolute atomic E-state index is 0.0434. The van der Waals surface area contributed by atoms with Gasteiger partial charge in [0.2, 0.25) is 0 Å². The topological polar surface area (TPSA) is 94.6 Å². The maximum atomic E-state index is 12.3. The number of hydrogen-bond donors (Lipinski definition) is 1. The SMILES string of the molecule is O=C(COc1ccccc1[N+](=O)[O-])N[C@@H](c1ccccc1)c1ccco1. The first-order chi connectivity index (χ1) is 12.6. The van der Waals surface area contributed by atoms with E-state index in [9.17, 15) is 14.9 Å². The molecule has 0 aliphatic heterocycles. The molecule has 0 aliphatic rings. The number of rotatable bonds is 7. The molecule has 0 radical (unpaired) electrons. The lowest BCUT2D eigenvalue weighted by Gasteiger charge is -2.17. The zero-order valence-electron chi connectivity index (χ0n) is 13.7. The van der Waals surface area contributed by atoms with E-state index in [1.807, 2.05) is 30.3 Å². The highest BCUT2D eigenvalue weighted by molar-refractivity contribution is 5.78. The molecule has 3 rings (SSSR count). The van der Waals surface area contributed by atoms with E-state index in [0.717, 1.165) is 5.56 Å². The number of benzene rings is 2. The van der Waals surface area contributed by atoms with Gasteiger partial charge in [-0.3, -0.25) is 14.9 Å². The highest BCUT2D eigenvalue weighted by atomic mass is 16.6. The highest BCUT2D eigenvalue weighted by Gasteiger charge is 2.20. The molecule has 26 heavy (non-hydrogen) atoms. The number of hydrogen-bond acceptors (Lipinski definition) is 5. The lowest BCUT2D eigenvalue weighted by Crippen LogP contribution is -2.33. The summed E-state index contributed by atoms with van der Waals surface area (Å²) in [5.41, 5.74) is 0.660. The first-order valence-electron chi connectivity index (χ1n) is 7.89. The number of amides is 1. The van der Waals surface area contributed by atoms with Crippen LogP contribution >= 0.6 is 0 Å². The van der Waals surface area contributed by atoms with E-state index in [2.05, 4.69) is 5.32 Å². The Morgan fingerprint density at radius 3 is 2.50 bits per heavy atom. The van der Waals surface area contributed by atoms with Crippen LogP contribution in [0, 0.1) is 10.1 Å². The molecule has 0 unspecified atom stereocenters. The van der Waals surface area contributed by atoms with Crippen molar-refractivity contribution in [2.75, 3.05) is 6.61 Å². The molecule has 1 amide bonds. The Balaban J connectivity index is 1.71. The largest absolute Gasteiger partial charge is 0.477 e. The second kappa shape index (κ2) is 7.98. The fraction of sp³-hybridized carbons (Fsp3) is 0.105. The van der Waals surface area contributed by atoms with Crippen molar-refractivity contribution < 1.29 is 18.9 Å². The molecule has 132 valence electrons. The van der Waals surface area contributed by atoms with Crippen molar-refractivity contribution in [1.29, 1.82) is 0 Å². The van der Waals surface area contributed by atoms with Crippen LogP contribution < -0.4 is 10.1 Å². The normalized spacial score (nSPS) is 11.5. The molecule has 0 saturated heterocycles. The van der Waals surface area contributed by atoms with Crippen molar-refractivity contribution in [3.8, 4) is 5.75 Å². The number of nitrogens with zero attached hydrogens (tertiary/aromatic N) is 1. The van der Waals surface area contributed by atoms with Gasteiger partial charge in [-0.1, -0.05) is 42.5 Å². The van der Waals surface area contributed by atoms with Gasteiger partial charge in [0.15, 0.2) is 12.4 Å². The van der Waals surface area contributed by atoms with Crippen LogP contribution in [0.15, 0.2) is 77.4 Å². The predicted molar refractivity (Wildman–Crippen MR) is 93.7 cm³/mol. The number of para-hydroxylation sites is 2. The summed E-state index contributed by atoms with van der Waals surface area (Å²) >= 11 is 0. The Kier molecular flexibility index (Phi) is 5.28. The van der Waals surface area contributed by atoms with Gasteiger partial charge < -0.3 is 14.5 Å². The number of nitro groups is 1. The quantitative estimate of drug-likeness (QED) is 0.519. The summed E-state index contributed by atoms with van der Waals surface area (Å²) in [5.74, 6) is 0.200. The molecular formula is C19H16N2O5. The monoisotopic (exact) mass is 352 g/mol. The average molecular weight is 352 g/mol. The molecule has 0 bridgehead atoms. The molecule has 0 spiro atoms. The standard InChI is InChI=1S/C19H16N2O5/c22-18(13-26-16-10-5-4-9-15(16)21(23)24)20-19(17-11-6-12-25-17)14-7-2-1-3-8-14/h1-12,19H,13H2,(H,20,22)/t19-/m0/s1. The van der Waals surface area contributed by atoms with Crippen molar-refractivity contribution >= 4 is 11.6 Å². The number of carbonyl (C=O) groups is 1. The first kappa shape index (κ1) is 17.2.